The largest absolute Gasteiger partial charge is 0.368 e. The second kappa shape index (κ2) is 8.27. The van der Waals surface area contributed by atoms with Gasteiger partial charge in [0.2, 0.25) is 5.91 Å². The molecule has 0 heterocycles. The molecular weight excluding hydrogens is 343 g/mol. The molecule has 0 aliphatic carbocycles. The van der Waals surface area contributed by atoms with Crippen molar-refractivity contribution in [2.24, 2.45) is 5.73 Å². The molecular formula is C22H19FN2O2. The van der Waals surface area contributed by atoms with Gasteiger partial charge in [0.15, 0.2) is 0 Å². The number of carbonyl (C=O) groups excluding carboxylic acids is 2. The number of amides is 2. The van der Waals surface area contributed by atoms with Crippen molar-refractivity contribution in [2.75, 3.05) is 0 Å². The van der Waals surface area contributed by atoms with Crippen LogP contribution in [0.4, 0.5) is 4.39 Å². The number of rotatable bonds is 6. The van der Waals surface area contributed by atoms with Crippen LogP contribution in [0, 0.1) is 5.82 Å². The Labute approximate surface area is 157 Å². The fourth-order valence-corrected chi connectivity index (χ4v) is 2.97. The molecule has 3 aromatic carbocycles. The topological polar surface area (TPSA) is 63.4 Å². The van der Waals surface area contributed by atoms with Crippen molar-refractivity contribution < 1.29 is 14.0 Å². The minimum absolute atomic E-state index is 0.0805. The Morgan fingerprint density at radius 3 is 2.00 bits per heavy atom. The molecule has 136 valence electrons. The molecule has 4 nitrogen and oxygen atoms in total. The first-order valence-electron chi connectivity index (χ1n) is 8.51. The zero-order valence-corrected chi connectivity index (χ0v) is 14.6. The van der Waals surface area contributed by atoms with E-state index < -0.39 is 23.7 Å². The van der Waals surface area contributed by atoms with Gasteiger partial charge in [0.1, 0.15) is 11.9 Å². The molecule has 2 N–H and O–H groups in total. The van der Waals surface area contributed by atoms with E-state index in [-0.39, 0.29) is 6.54 Å². The minimum atomic E-state index is -1.02. The van der Waals surface area contributed by atoms with Crippen molar-refractivity contribution in [3.8, 4) is 0 Å². The standard InChI is InChI=1S/C22H19FN2O2/c23-19-14-8-7-13-18(19)15-25(22(27)17-11-5-2-6-12-17)20(21(24)26)16-9-3-1-4-10-16/h1-14,20H,15H2,(H2,24,26)/t20-/m1/s1. The highest BCUT2D eigenvalue weighted by Gasteiger charge is 2.31. The lowest BCUT2D eigenvalue weighted by atomic mass is 10.0. The van der Waals surface area contributed by atoms with Gasteiger partial charge in [-0.15, -0.1) is 0 Å². The zero-order valence-electron chi connectivity index (χ0n) is 14.6. The van der Waals surface area contributed by atoms with E-state index in [1.807, 2.05) is 6.07 Å². The Kier molecular flexibility index (Phi) is 5.61. The van der Waals surface area contributed by atoms with Crippen LogP contribution < -0.4 is 5.73 Å². The van der Waals surface area contributed by atoms with Crippen molar-refractivity contribution in [1.29, 1.82) is 0 Å². The molecule has 0 saturated heterocycles. The van der Waals surface area contributed by atoms with E-state index in [4.69, 9.17) is 5.73 Å². The van der Waals surface area contributed by atoms with E-state index in [1.54, 1.807) is 72.8 Å². The molecule has 0 radical (unpaired) electrons. The van der Waals surface area contributed by atoms with Crippen LogP contribution in [0.25, 0.3) is 0 Å². The maximum Gasteiger partial charge on any atom is 0.255 e. The van der Waals surface area contributed by atoms with Gasteiger partial charge >= 0.3 is 0 Å². The third-order valence-electron chi connectivity index (χ3n) is 4.28. The summed E-state index contributed by atoms with van der Waals surface area (Å²) in [6.07, 6.45) is 0. The summed E-state index contributed by atoms with van der Waals surface area (Å²) in [5.41, 5.74) is 6.93. The Hall–Kier alpha value is -3.47. The number of benzene rings is 3. The Morgan fingerprint density at radius 1 is 0.852 bits per heavy atom. The van der Waals surface area contributed by atoms with Gasteiger partial charge in [-0.3, -0.25) is 9.59 Å². The highest BCUT2D eigenvalue weighted by atomic mass is 19.1. The summed E-state index contributed by atoms with van der Waals surface area (Å²) in [4.78, 5) is 26.8. The molecule has 3 aromatic rings. The number of hydrogen-bond donors (Lipinski definition) is 1. The molecule has 5 heteroatoms. The van der Waals surface area contributed by atoms with Crippen LogP contribution in [-0.2, 0) is 11.3 Å². The maximum absolute atomic E-state index is 14.2. The van der Waals surface area contributed by atoms with Gasteiger partial charge in [-0.25, -0.2) is 4.39 Å². The highest BCUT2D eigenvalue weighted by molar-refractivity contribution is 5.97. The molecule has 0 aliphatic heterocycles. The predicted octanol–water partition coefficient (Wildman–Crippen LogP) is 3.69. The number of carbonyl (C=O) groups is 2. The molecule has 0 bridgehead atoms. The normalized spacial score (nSPS) is 11.6. The molecule has 0 spiro atoms. The summed E-state index contributed by atoms with van der Waals surface area (Å²) in [6, 6.07) is 22.5. The van der Waals surface area contributed by atoms with Crippen LogP contribution in [-0.4, -0.2) is 16.7 Å². The number of primary amides is 1. The SMILES string of the molecule is NC(=O)[C@@H](c1ccccc1)N(Cc1ccccc1F)C(=O)c1ccccc1. The van der Waals surface area contributed by atoms with E-state index in [9.17, 15) is 14.0 Å². The van der Waals surface area contributed by atoms with E-state index >= 15 is 0 Å². The molecule has 0 saturated carbocycles. The van der Waals surface area contributed by atoms with Gasteiger partial charge in [-0.1, -0.05) is 66.7 Å². The monoisotopic (exact) mass is 362 g/mol. The van der Waals surface area contributed by atoms with Gasteiger partial charge in [0, 0.05) is 11.1 Å². The second-order valence-corrected chi connectivity index (χ2v) is 6.11. The number of nitrogens with two attached hydrogens (primary N) is 1. The quantitative estimate of drug-likeness (QED) is 0.727. The molecule has 27 heavy (non-hydrogen) atoms. The summed E-state index contributed by atoms with van der Waals surface area (Å²) in [5.74, 6) is -1.52. The van der Waals surface area contributed by atoms with E-state index in [2.05, 4.69) is 0 Å². The number of hydrogen-bond acceptors (Lipinski definition) is 2. The van der Waals surface area contributed by atoms with Gasteiger partial charge < -0.3 is 10.6 Å². The summed E-state index contributed by atoms with van der Waals surface area (Å²) in [7, 11) is 0. The maximum atomic E-state index is 14.2. The van der Waals surface area contributed by atoms with Crippen LogP contribution in [0.15, 0.2) is 84.9 Å². The van der Waals surface area contributed by atoms with E-state index in [1.165, 1.54) is 11.0 Å². The van der Waals surface area contributed by atoms with Crippen molar-refractivity contribution in [3.05, 3.63) is 107 Å². The average molecular weight is 362 g/mol. The highest BCUT2D eigenvalue weighted by Crippen LogP contribution is 2.25. The first-order valence-corrected chi connectivity index (χ1v) is 8.51. The van der Waals surface area contributed by atoms with Gasteiger partial charge in [0.25, 0.3) is 5.91 Å². The lowest BCUT2D eigenvalue weighted by Crippen LogP contribution is -2.41. The fourth-order valence-electron chi connectivity index (χ4n) is 2.97. The van der Waals surface area contributed by atoms with Gasteiger partial charge in [-0.2, -0.15) is 0 Å². The summed E-state index contributed by atoms with van der Waals surface area (Å²) >= 11 is 0. The number of halogens is 1. The summed E-state index contributed by atoms with van der Waals surface area (Å²) < 4.78 is 14.2. The summed E-state index contributed by atoms with van der Waals surface area (Å²) in [5, 5.41) is 0. The van der Waals surface area contributed by atoms with Crippen LogP contribution in [0.5, 0.6) is 0 Å². The third-order valence-corrected chi connectivity index (χ3v) is 4.28. The van der Waals surface area contributed by atoms with E-state index in [0.29, 0.717) is 16.7 Å². The molecule has 2 amide bonds. The Bertz CT molecular complexity index is 929. The third kappa shape index (κ3) is 4.20. The number of nitrogens with zero attached hydrogens (tertiary/aromatic N) is 1. The smallest absolute Gasteiger partial charge is 0.255 e. The predicted molar refractivity (Wildman–Crippen MR) is 101 cm³/mol. The van der Waals surface area contributed by atoms with Crippen molar-refractivity contribution in [1.82, 2.24) is 4.90 Å². The lowest BCUT2D eigenvalue weighted by molar-refractivity contribution is -0.122. The second-order valence-electron chi connectivity index (χ2n) is 6.11. The molecule has 0 aromatic heterocycles. The lowest BCUT2D eigenvalue weighted by Gasteiger charge is -2.30. The van der Waals surface area contributed by atoms with Gasteiger partial charge in [-0.05, 0) is 23.8 Å². The summed E-state index contributed by atoms with van der Waals surface area (Å²) in [6.45, 7) is -0.0805. The first kappa shape index (κ1) is 18.3. The minimum Gasteiger partial charge on any atom is -0.368 e. The van der Waals surface area contributed by atoms with Crippen molar-refractivity contribution >= 4 is 11.8 Å². The van der Waals surface area contributed by atoms with E-state index in [0.717, 1.165) is 0 Å². The molecule has 0 fully saturated rings. The molecule has 0 unspecified atom stereocenters. The Balaban J connectivity index is 2.06. The average Bonchev–Trinajstić information content (AvgIpc) is 2.69. The molecule has 3 rings (SSSR count). The van der Waals surface area contributed by atoms with Gasteiger partial charge in [0.05, 0.1) is 6.54 Å². The fraction of sp³-hybridized carbons (Fsp3) is 0.0909. The van der Waals surface area contributed by atoms with Crippen LogP contribution >= 0.6 is 0 Å². The van der Waals surface area contributed by atoms with Crippen LogP contribution in [0.2, 0.25) is 0 Å². The Morgan fingerprint density at radius 2 is 1.41 bits per heavy atom. The van der Waals surface area contributed by atoms with Crippen LogP contribution in [0.1, 0.15) is 27.5 Å². The van der Waals surface area contributed by atoms with Crippen molar-refractivity contribution in [3.63, 3.8) is 0 Å². The molecule has 0 aliphatic rings. The van der Waals surface area contributed by atoms with Crippen molar-refractivity contribution in [2.45, 2.75) is 12.6 Å². The van der Waals surface area contributed by atoms with Crippen LogP contribution in [0.3, 0.4) is 0 Å². The first-order chi connectivity index (χ1) is 13.1. The molecule has 1 atom stereocenters. The zero-order chi connectivity index (χ0) is 19.2.